The molecule has 0 radical (unpaired) electrons. The maximum absolute atomic E-state index is 14.9. The molecule has 0 unspecified atom stereocenters. The summed E-state index contributed by atoms with van der Waals surface area (Å²) < 4.78 is 57.2. The molecule has 1 saturated heterocycles. The third-order valence-electron chi connectivity index (χ3n) is 6.56. The third kappa shape index (κ3) is 7.78. The van der Waals surface area contributed by atoms with Crippen LogP contribution in [-0.2, 0) is 11.3 Å². The molecule has 4 aromatic rings. The number of halogens is 4. The zero-order valence-corrected chi connectivity index (χ0v) is 25.0. The van der Waals surface area contributed by atoms with Crippen LogP contribution < -0.4 is 20.3 Å². The molecule has 15 heteroatoms. The Morgan fingerprint density at radius 1 is 1.11 bits per heavy atom. The van der Waals surface area contributed by atoms with E-state index in [4.69, 9.17) is 0 Å². The van der Waals surface area contributed by atoms with Crippen LogP contribution in [-0.4, -0.2) is 44.0 Å². The van der Waals surface area contributed by atoms with Crippen LogP contribution in [0, 0.1) is 12.7 Å². The quantitative estimate of drug-likeness (QED) is 0.199. The number of thioether (sulfide) groups is 1. The Hall–Kier alpha value is -4.92. The lowest BCUT2D eigenvalue weighted by atomic mass is 9.99. The fourth-order valence-electron chi connectivity index (χ4n) is 4.47. The summed E-state index contributed by atoms with van der Waals surface area (Å²) in [5.41, 5.74) is 3.44. The molecule has 234 valence electrons. The predicted octanol–water partition coefficient (Wildman–Crippen LogP) is 7.02. The van der Waals surface area contributed by atoms with Crippen molar-refractivity contribution in [3.05, 3.63) is 89.5 Å². The number of ether oxygens (including phenoxy) is 1. The molecular weight excluding hydrogens is 614 g/mol. The Balaban J connectivity index is 1.21. The lowest BCUT2D eigenvalue weighted by Crippen LogP contribution is -2.31. The molecule has 10 nitrogen and oxygen atoms in total. The molecule has 2 N–H and O–H groups in total. The molecule has 45 heavy (non-hydrogen) atoms. The number of hydrogen-bond donors (Lipinski definition) is 2. The molecule has 0 bridgehead atoms. The number of anilines is 3. The van der Waals surface area contributed by atoms with E-state index in [9.17, 15) is 27.2 Å². The fourth-order valence-corrected chi connectivity index (χ4v) is 5.33. The number of amidine groups is 1. The number of rotatable bonds is 8. The molecule has 3 amide bonds. The van der Waals surface area contributed by atoms with Gasteiger partial charge in [-0.15, -0.1) is 18.3 Å². The monoisotopic (exact) mass is 641 g/mol. The first-order chi connectivity index (χ1) is 21.4. The maximum atomic E-state index is 14.9. The van der Waals surface area contributed by atoms with Gasteiger partial charge >= 0.3 is 12.4 Å². The molecule has 0 spiro atoms. The Morgan fingerprint density at radius 3 is 2.56 bits per heavy atom. The summed E-state index contributed by atoms with van der Waals surface area (Å²) in [6.07, 6.45) is -3.43. The second kappa shape index (κ2) is 13.0. The summed E-state index contributed by atoms with van der Waals surface area (Å²) in [6.45, 7) is 6.08. The minimum atomic E-state index is -4.79. The van der Waals surface area contributed by atoms with Crippen molar-refractivity contribution in [2.45, 2.75) is 39.6 Å². The van der Waals surface area contributed by atoms with Gasteiger partial charge in [-0.05, 0) is 72.0 Å². The van der Waals surface area contributed by atoms with E-state index < -0.39 is 18.2 Å². The molecule has 1 fully saturated rings. The number of aliphatic imine (C=N–C) groups is 1. The topological polar surface area (TPSA) is 114 Å². The number of urea groups is 1. The van der Waals surface area contributed by atoms with Gasteiger partial charge in [0, 0.05) is 6.54 Å². The van der Waals surface area contributed by atoms with Crippen LogP contribution in [0.3, 0.4) is 0 Å². The van der Waals surface area contributed by atoms with Crippen molar-refractivity contribution in [3.63, 3.8) is 0 Å². The van der Waals surface area contributed by atoms with E-state index in [1.807, 2.05) is 39.0 Å². The number of carbonyl (C=O) groups is 2. The number of nitrogens with zero attached hydrogens (tertiary/aromatic N) is 5. The highest BCUT2D eigenvalue weighted by molar-refractivity contribution is 8.15. The lowest BCUT2D eigenvalue weighted by Gasteiger charge is -2.22. The first-order valence-electron chi connectivity index (χ1n) is 13.6. The first-order valence-corrected chi connectivity index (χ1v) is 14.6. The number of hydrogen-bond acceptors (Lipinski definition) is 7. The zero-order chi connectivity index (χ0) is 32.3. The highest BCUT2D eigenvalue weighted by Gasteiger charge is 2.33. The fraction of sp³-hybridized carbons (Fsp3) is 0.233. The van der Waals surface area contributed by atoms with E-state index in [1.54, 1.807) is 6.07 Å². The predicted molar refractivity (Wildman–Crippen MR) is 163 cm³/mol. The molecule has 5 rings (SSSR count). The van der Waals surface area contributed by atoms with Gasteiger partial charge in [0.15, 0.2) is 5.17 Å². The van der Waals surface area contributed by atoms with E-state index in [2.05, 4.69) is 30.4 Å². The zero-order valence-electron chi connectivity index (χ0n) is 24.2. The molecular formula is C30H27F4N7O3S. The average molecular weight is 642 g/mol. The van der Waals surface area contributed by atoms with Crippen molar-refractivity contribution in [3.8, 4) is 11.4 Å². The maximum Gasteiger partial charge on any atom is 0.573 e. The second-order valence-electron chi connectivity index (χ2n) is 10.3. The van der Waals surface area contributed by atoms with Gasteiger partial charge in [-0.2, -0.15) is 4.99 Å². The number of amides is 3. The van der Waals surface area contributed by atoms with Crippen molar-refractivity contribution in [1.82, 2.24) is 14.8 Å². The number of nitrogens with one attached hydrogen (secondary N) is 2. The third-order valence-corrected chi connectivity index (χ3v) is 7.49. The van der Waals surface area contributed by atoms with Gasteiger partial charge in [-0.3, -0.25) is 9.69 Å². The Morgan fingerprint density at radius 2 is 1.87 bits per heavy atom. The molecule has 2 heterocycles. The van der Waals surface area contributed by atoms with Gasteiger partial charge in [0.05, 0.1) is 22.8 Å². The van der Waals surface area contributed by atoms with E-state index >= 15 is 0 Å². The van der Waals surface area contributed by atoms with Gasteiger partial charge in [-0.1, -0.05) is 43.8 Å². The number of carbonyl (C=O) groups excluding carboxylic acids is 2. The van der Waals surface area contributed by atoms with E-state index in [0.717, 1.165) is 35.0 Å². The number of aryl methyl sites for hydroxylation is 1. The van der Waals surface area contributed by atoms with Crippen molar-refractivity contribution >= 4 is 46.2 Å². The largest absolute Gasteiger partial charge is 0.573 e. The van der Waals surface area contributed by atoms with Crippen molar-refractivity contribution in [2.75, 3.05) is 21.3 Å². The Kier molecular flexibility index (Phi) is 9.09. The van der Waals surface area contributed by atoms with Crippen LogP contribution in [0.25, 0.3) is 5.69 Å². The van der Waals surface area contributed by atoms with Crippen molar-refractivity contribution in [2.24, 2.45) is 4.99 Å². The summed E-state index contributed by atoms with van der Waals surface area (Å²) >= 11 is 1.14. The van der Waals surface area contributed by atoms with Crippen LogP contribution in [0.2, 0.25) is 0 Å². The molecule has 0 aliphatic carbocycles. The smallest absolute Gasteiger partial charge is 0.406 e. The summed E-state index contributed by atoms with van der Waals surface area (Å²) in [6, 6.07) is 14.3. The minimum absolute atomic E-state index is 0.0900. The van der Waals surface area contributed by atoms with E-state index in [-0.39, 0.29) is 46.7 Å². The number of aromatic nitrogens is 3. The molecule has 1 aliphatic heterocycles. The van der Waals surface area contributed by atoms with E-state index in [1.165, 1.54) is 40.2 Å². The number of benzene rings is 3. The molecule has 1 aromatic heterocycles. The van der Waals surface area contributed by atoms with Gasteiger partial charge in [-0.25, -0.2) is 18.9 Å². The minimum Gasteiger partial charge on any atom is -0.406 e. The van der Waals surface area contributed by atoms with Gasteiger partial charge in [0.25, 0.3) is 0 Å². The van der Waals surface area contributed by atoms with Crippen molar-refractivity contribution in [1.29, 1.82) is 0 Å². The summed E-state index contributed by atoms with van der Waals surface area (Å²) in [7, 11) is 0. The van der Waals surface area contributed by atoms with Gasteiger partial charge in [0.2, 0.25) is 11.9 Å². The first kappa shape index (κ1) is 31.5. The highest BCUT2D eigenvalue weighted by Crippen LogP contribution is 2.34. The van der Waals surface area contributed by atoms with Crippen LogP contribution in [0.4, 0.5) is 39.7 Å². The van der Waals surface area contributed by atoms with Crippen molar-refractivity contribution < 1.29 is 31.9 Å². The summed E-state index contributed by atoms with van der Waals surface area (Å²) in [5.74, 6) is -0.808. The molecule has 0 atom stereocenters. The van der Waals surface area contributed by atoms with Gasteiger partial charge < -0.3 is 15.4 Å². The van der Waals surface area contributed by atoms with Crippen LogP contribution >= 0.6 is 11.8 Å². The second-order valence-corrected chi connectivity index (χ2v) is 11.2. The molecule has 3 aromatic carbocycles. The van der Waals surface area contributed by atoms with Gasteiger partial charge in [0.1, 0.15) is 17.9 Å². The SMILES string of the molecule is Cc1ccc(C(C)C)c(N2C(=O)CSC2=NC(=O)Nc2ccc(CNc3ncn(-c4ccc(OC(F)(F)F)cc4)n3)cc2F)c1. The highest BCUT2D eigenvalue weighted by atomic mass is 32.2. The molecule has 1 aliphatic rings. The number of alkyl halides is 3. The summed E-state index contributed by atoms with van der Waals surface area (Å²) in [4.78, 5) is 35.2. The van der Waals surface area contributed by atoms with E-state index in [0.29, 0.717) is 16.9 Å². The standard InChI is InChI=1S/C30H27F4N7O3S/c1-17(2)22-10-4-18(3)12-25(22)41-26(42)15-45-29(41)38-28(43)37-24-11-5-19(13-23(24)31)14-35-27-36-16-40(39-27)20-6-8-21(9-7-20)44-30(32,33)34/h4-13,16-17H,14-15H2,1-3H3,(H,35,39)(H,37,43). The summed E-state index contributed by atoms with van der Waals surface area (Å²) in [5, 5.41) is 9.81. The normalized spacial score (nSPS) is 14.4. The van der Waals surface area contributed by atoms with Crippen LogP contribution in [0.15, 0.2) is 72.0 Å². The Labute approximate surface area is 259 Å². The average Bonchev–Trinajstić information content (AvgIpc) is 3.59. The van der Waals surface area contributed by atoms with Crippen LogP contribution in [0.1, 0.15) is 36.5 Å². The van der Waals surface area contributed by atoms with Crippen LogP contribution in [0.5, 0.6) is 5.75 Å². The Bertz CT molecular complexity index is 1760. The lowest BCUT2D eigenvalue weighted by molar-refractivity contribution is -0.274. The molecule has 0 saturated carbocycles.